The van der Waals surface area contributed by atoms with E-state index in [1.807, 2.05) is 19.1 Å². The monoisotopic (exact) mass is 254 g/mol. The quantitative estimate of drug-likeness (QED) is 0.768. The summed E-state index contributed by atoms with van der Waals surface area (Å²) >= 11 is 1.30. The van der Waals surface area contributed by atoms with Crippen molar-refractivity contribution in [1.29, 1.82) is 0 Å². The topological polar surface area (TPSA) is 79.3 Å². The lowest BCUT2D eigenvalue weighted by Gasteiger charge is -2.12. The molecule has 0 saturated heterocycles. The Morgan fingerprint density at radius 1 is 1.53 bits per heavy atom. The van der Waals surface area contributed by atoms with Crippen molar-refractivity contribution in [2.75, 3.05) is 5.75 Å². The van der Waals surface area contributed by atoms with E-state index >= 15 is 0 Å². The van der Waals surface area contributed by atoms with Gasteiger partial charge in [-0.2, -0.15) is 0 Å². The summed E-state index contributed by atoms with van der Waals surface area (Å²) in [5.41, 5.74) is 1.05. The van der Waals surface area contributed by atoms with E-state index in [4.69, 9.17) is 5.11 Å². The number of aromatic nitrogens is 1. The molecule has 0 saturated carbocycles. The van der Waals surface area contributed by atoms with E-state index in [-0.39, 0.29) is 11.7 Å². The Hall–Kier alpha value is -1.56. The molecule has 0 spiro atoms. The van der Waals surface area contributed by atoms with Crippen LogP contribution in [-0.2, 0) is 9.59 Å². The molecule has 0 aliphatic heterocycles. The van der Waals surface area contributed by atoms with Crippen molar-refractivity contribution in [1.82, 2.24) is 10.3 Å². The molecular formula is C11H14N2O3S. The van der Waals surface area contributed by atoms with E-state index in [0.29, 0.717) is 0 Å². The van der Waals surface area contributed by atoms with Crippen LogP contribution in [0, 0.1) is 6.92 Å². The Bertz CT molecular complexity index is 406. The summed E-state index contributed by atoms with van der Waals surface area (Å²) < 4.78 is 0. The molecular weight excluding hydrogens is 240 g/mol. The fraction of sp³-hybridized carbons (Fsp3) is 0.364. The van der Waals surface area contributed by atoms with Gasteiger partial charge < -0.3 is 10.4 Å². The van der Waals surface area contributed by atoms with Gasteiger partial charge in [0.2, 0.25) is 5.91 Å². The van der Waals surface area contributed by atoms with Crippen molar-refractivity contribution in [2.24, 2.45) is 0 Å². The predicted molar refractivity (Wildman–Crippen MR) is 64.9 cm³/mol. The normalized spacial score (nSPS) is 11.9. The van der Waals surface area contributed by atoms with Crippen molar-refractivity contribution in [2.45, 2.75) is 24.9 Å². The third-order valence-corrected chi connectivity index (χ3v) is 2.99. The average Bonchev–Trinajstić information content (AvgIpc) is 2.25. The van der Waals surface area contributed by atoms with E-state index in [1.165, 1.54) is 18.7 Å². The average molecular weight is 254 g/mol. The summed E-state index contributed by atoms with van der Waals surface area (Å²) in [5.74, 6) is -1.14. The summed E-state index contributed by atoms with van der Waals surface area (Å²) in [7, 11) is 0. The van der Waals surface area contributed by atoms with Gasteiger partial charge in [0.25, 0.3) is 0 Å². The van der Waals surface area contributed by atoms with Crippen molar-refractivity contribution in [3.8, 4) is 0 Å². The number of carboxylic acid groups (broad SMARTS) is 1. The minimum Gasteiger partial charge on any atom is -0.480 e. The Morgan fingerprint density at radius 2 is 2.24 bits per heavy atom. The van der Waals surface area contributed by atoms with Crippen molar-refractivity contribution in [3.63, 3.8) is 0 Å². The van der Waals surface area contributed by atoms with Crippen LogP contribution in [0.1, 0.15) is 12.5 Å². The van der Waals surface area contributed by atoms with Gasteiger partial charge in [0.15, 0.2) is 0 Å². The van der Waals surface area contributed by atoms with E-state index < -0.39 is 12.0 Å². The fourth-order valence-electron chi connectivity index (χ4n) is 1.13. The molecule has 0 aliphatic carbocycles. The molecule has 92 valence electrons. The lowest BCUT2D eigenvalue weighted by atomic mass is 10.3. The Kier molecular flexibility index (Phi) is 4.96. The van der Waals surface area contributed by atoms with Crippen LogP contribution < -0.4 is 5.32 Å². The number of carbonyl (C=O) groups excluding carboxylic acids is 1. The first-order chi connectivity index (χ1) is 7.99. The number of aryl methyl sites for hydroxylation is 1. The summed E-state index contributed by atoms with van der Waals surface area (Å²) in [6.07, 6.45) is 1.72. The highest BCUT2D eigenvalue weighted by Gasteiger charge is 2.18. The van der Waals surface area contributed by atoms with Crippen molar-refractivity contribution in [3.05, 3.63) is 23.9 Å². The molecule has 2 N–H and O–H groups in total. The van der Waals surface area contributed by atoms with Crippen LogP contribution in [0.25, 0.3) is 0 Å². The maximum Gasteiger partial charge on any atom is 0.327 e. The molecule has 0 radical (unpaired) electrons. The number of thioether (sulfide) groups is 1. The second-order valence-corrected chi connectivity index (χ2v) is 4.62. The number of nitrogens with one attached hydrogen (secondary N) is 1. The van der Waals surface area contributed by atoms with Gasteiger partial charge in [-0.3, -0.25) is 4.79 Å². The van der Waals surface area contributed by atoms with Crippen LogP contribution in [0.3, 0.4) is 0 Å². The number of aliphatic carboxylic acids is 1. The summed E-state index contributed by atoms with van der Waals surface area (Å²) in [4.78, 5) is 25.8. The maximum atomic E-state index is 10.9. The zero-order valence-corrected chi connectivity index (χ0v) is 10.5. The van der Waals surface area contributed by atoms with Gasteiger partial charge in [-0.05, 0) is 18.6 Å². The van der Waals surface area contributed by atoms with E-state index in [2.05, 4.69) is 10.3 Å². The Labute approximate surface area is 104 Å². The van der Waals surface area contributed by atoms with Crippen molar-refractivity contribution >= 4 is 23.6 Å². The summed E-state index contributed by atoms with van der Waals surface area (Å²) in [5, 5.41) is 12.0. The molecule has 5 nitrogen and oxygen atoms in total. The molecule has 1 rings (SSSR count). The Morgan fingerprint density at radius 3 is 2.71 bits per heavy atom. The lowest BCUT2D eigenvalue weighted by molar-refractivity contribution is -0.140. The van der Waals surface area contributed by atoms with Crippen LogP contribution in [0.2, 0.25) is 0 Å². The zero-order valence-electron chi connectivity index (χ0n) is 9.64. The van der Waals surface area contributed by atoms with Crippen molar-refractivity contribution < 1.29 is 14.7 Å². The minimum atomic E-state index is -1.04. The lowest BCUT2D eigenvalue weighted by Crippen LogP contribution is -2.41. The number of hydrogen-bond donors (Lipinski definition) is 2. The van der Waals surface area contributed by atoms with Crippen LogP contribution in [-0.4, -0.2) is 33.8 Å². The van der Waals surface area contributed by atoms with E-state index in [1.54, 1.807) is 6.20 Å². The number of carbonyl (C=O) groups is 2. The van der Waals surface area contributed by atoms with E-state index in [9.17, 15) is 9.59 Å². The highest BCUT2D eigenvalue weighted by Crippen LogP contribution is 2.16. The van der Waals surface area contributed by atoms with Gasteiger partial charge in [0, 0.05) is 18.9 Å². The van der Waals surface area contributed by atoms with Crippen LogP contribution in [0.15, 0.2) is 23.4 Å². The molecule has 1 heterocycles. The van der Waals surface area contributed by atoms with Gasteiger partial charge in [0.1, 0.15) is 6.04 Å². The molecule has 1 unspecified atom stereocenters. The minimum absolute atomic E-state index is 0.255. The highest BCUT2D eigenvalue weighted by atomic mass is 32.2. The smallest absolute Gasteiger partial charge is 0.327 e. The standard InChI is InChI=1S/C11H14N2O3S/c1-7-3-4-10(12-5-7)17-6-9(11(15)16)13-8(2)14/h3-5,9H,6H2,1-2H3,(H,13,14)(H,15,16). The molecule has 0 fully saturated rings. The SMILES string of the molecule is CC(=O)NC(CSc1ccc(C)cn1)C(=O)O. The van der Waals surface area contributed by atoms with Gasteiger partial charge in [-0.15, -0.1) is 11.8 Å². The number of pyridine rings is 1. The third-order valence-electron chi connectivity index (χ3n) is 1.96. The number of carboxylic acids is 1. The number of hydrogen-bond acceptors (Lipinski definition) is 4. The number of rotatable bonds is 5. The second kappa shape index (κ2) is 6.24. The van der Waals surface area contributed by atoms with Crippen LogP contribution in [0.4, 0.5) is 0 Å². The predicted octanol–water partition coefficient (Wildman–Crippen LogP) is 1.07. The number of amides is 1. The molecule has 1 aromatic rings. The largest absolute Gasteiger partial charge is 0.480 e. The molecule has 0 bridgehead atoms. The summed E-state index contributed by atoms with van der Waals surface area (Å²) in [6.45, 7) is 3.23. The summed E-state index contributed by atoms with van der Waals surface area (Å²) in [6, 6.07) is 2.84. The molecule has 0 aliphatic rings. The first-order valence-corrected chi connectivity index (χ1v) is 6.03. The fourth-order valence-corrected chi connectivity index (χ4v) is 1.98. The molecule has 1 aromatic heterocycles. The first kappa shape index (κ1) is 13.5. The van der Waals surface area contributed by atoms with Crippen LogP contribution in [0.5, 0.6) is 0 Å². The molecule has 17 heavy (non-hydrogen) atoms. The molecule has 6 heteroatoms. The third kappa shape index (κ3) is 4.86. The molecule has 0 aromatic carbocycles. The zero-order chi connectivity index (χ0) is 12.8. The van der Waals surface area contributed by atoms with Gasteiger partial charge in [0.05, 0.1) is 5.03 Å². The van der Waals surface area contributed by atoms with Gasteiger partial charge >= 0.3 is 5.97 Å². The second-order valence-electron chi connectivity index (χ2n) is 3.58. The highest BCUT2D eigenvalue weighted by molar-refractivity contribution is 7.99. The van der Waals surface area contributed by atoms with Gasteiger partial charge in [-0.25, -0.2) is 9.78 Å². The number of nitrogens with zero attached hydrogens (tertiary/aromatic N) is 1. The molecule has 1 amide bonds. The molecule has 1 atom stereocenters. The maximum absolute atomic E-state index is 10.9. The van der Waals surface area contributed by atoms with E-state index in [0.717, 1.165) is 10.6 Å². The van der Waals surface area contributed by atoms with Crippen LogP contribution >= 0.6 is 11.8 Å². The Balaban J connectivity index is 2.54. The van der Waals surface area contributed by atoms with Gasteiger partial charge in [-0.1, -0.05) is 6.07 Å². The first-order valence-electron chi connectivity index (χ1n) is 5.04.